The molecule has 2 amide bonds. The Labute approximate surface area is 158 Å². The molecular formula is C19H15N5O2S. The molecule has 0 aliphatic heterocycles. The van der Waals surface area contributed by atoms with Gasteiger partial charge in [0.05, 0.1) is 23.4 Å². The van der Waals surface area contributed by atoms with Crippen LogP contribution in [-0.2, 0) is 6.54 Å². The lowest BCUT2D eigenvalue weighted by molar-refractivity contribution is 0.0950. The van der Waals surface area contributed by atoms with Gasteiger partial charge in [0, 0.05) is 11.6 Å². The number of fused-ring (bicyclic) bond motifs is 1. The van der Waals surface area contributed by atoms with Crippen molar-refractivity contribution in [3.8, 4) is 0 Å². The molecule has 134 valence electrons. The van der Waals surface area contributed by atoms with E-state index in [2.05, 4.69) is 20.8 Å². The Morgan fingerprint density at radius 3 is 2.70 bits per heavy atom. The summed E-state index contributed by atoms with van der Waals surface area (Å²) < 4.78 is 1.81. The quantitative estimate of drug-likeness (QED) is 0.560. The minimum absolute atomic E-state index is 0.219. The van der Waals surface area contributed by atoms with Crippen molar-refractivity contribution in [2.75, 3.05) is 5.32 Å². The van der Waals surface area contributed by atoms with Gasteiger partial charge in [-0.15, -0.1) is 10.2 Å². The van der Waals surface area contributed by atoms with Crippen molar-refractivity contribution in [3.63, 3.8) is 0 Å². The van der Waals surface area contributed by atoms with E-state index in [1.807, 2.05) is 34.2 Å². The van der Waals surface area contributed by atoms with E-state index in [9.17, 15) is 9.59 Å². The molecule has 7 nitrogen and oxygen atoms in total. The predicted molar refractivity (Wildman–Crippen MR) is 103 cm³/mol. The SMILES string of the molecule is O=C(Nc1ccccc1C(=O)NCc1nnc2ccccn12)c1ccsc1. The van der Waals surface area contributed by atoms with Gasteiger partial charge in [-0.2, -0.15) is 11.3 Å². The third kappa shape index (κ3) is 3.56. The fourth-order valence-corrected chi connectivity index (χ4v) is 3.28. The maximum Gasteiger partial charge on any atom is 0.256 e. The van der Waals surface area contributed by atoms with Crippen LogP contribution in [0.2, 0.25) is 0 Å². The van der Waals surface area contributed by atoms with Crippen LogP contribution >= 0.6 is 11.3 Å². The van der Waals surface area contributed by atoms with Crippen LogP contribution in [0.4, 0.5) is 5.69 Å². The summed E-state index contributed by atoms with van der Waals surface area (Å²) in [7, 11) is 0. The summed E-state index contributed by atoms with van der Waals surface area (Å²) >= 11 is 1.44. The molecule has 0 aliphatic rings. The summed E-state index contributed by atoms with van der Waals surface area (Å²) in [5, 5.41) is 17.4. The van der Waals surface area contributed by atoms with E-state index in [4.69, 9.17) is 0 Å². The summed E-state index contributed by atoms with van der Waals surface area (Å²) in [6.45, 7) is 0.219. The van der Waals surface area contributed by atoms with Crippen molar-refractivity contribution in [2.24, 2.45) is 0 Å². The number of pyridine rings is 1. The molecule has 4 rings (SSSR count). The lowest BCUT2D eigenvalue weighted by Gasteiger charge is -2.10. The molecule has 2 N–H and O–H groups in total. The van der Waals surface area contributed by atoms with Crippen LogP contribution in [-0.4, -0.2) is 26.4 Å². The second-order valence-corrected chi connectivity index (χ2v) is 6.52. The molecule has 0 aliphatic carbocycles. The molecule has 1 aromatic carbocycles. The zero-order chi connectivity index (χ0) is 18.6. The summed E-state index contributed by atoms with van der Waals surface area (Å²) in [5.74, 6) is 0.0718. The number of amides is 2. The molecule has 4 aromatic rings. The van der Waals surface area contributed by atoms with Crippen LogP contribution < -0.4 is 10.6 Å². The first-order chi connectivity index (χ1) is 13.2. The lowest BCUT2D eigenvalue weighted by atomic mass is 10.1. The number of nitrogens with one attached hydrogen (secondary N) is 2. The molecule has 3 aromatic heterocycles. The Balaban J connectivity index is 1.49. The predicted octanol–water partition coefficient (Wildman–Crippen LogP) is 2.97. The van der Waals surface area contributed by atoms with Crippen LogP contribution in [0.3, 0.4) is 0 Å². The average molecular weight is 377 g/mol. The molecule has 0 unspecified atom stereocenters. The average Bonchev–Trinajstić information content (AvgIpc) is 3.37. The van der Waals surface area contributed by atoms with Crippen molar-refractivity contribution in [2.45, 2.75) is 6.54 Å². The molecule has 27 heavy (non-hydrogen) atoms. The first-order valence-corrected chi connectivity index (χ1v) is 9.16. The Morgan fingerprint density at radius 1 is 1.00 bits per heavy atom. The number of nitrogens with zero attached hydrogens (tertiary/aromatic N) is 3. The number of rotatable bonds is 5. The number of para-hydroxylation sites is 1. The Bertz CT molecular complexity index is 1100. The molecule has 3 heterocycles. The summed E-state index contributed by atoms with van der Waals surface area (Å²) in [6, 6.07) is 14.2. The summed E-state index contributed by atoms with van der Waals surface area (Å²) in [4.78, 5) is 24.9. The second-order valence-electron chi connectivity index (χ2n) is 5.74. The van der Waals surface area contributed by atoms with Gasteiger partial charge in [0.2, 0.25) is 0 Å². The zero-order valence-corrected chi connectivity index (χ0v) is 14.9. The summed E-state index contributed by atoms with van der Waals surface area (Å²) in [6.07, 6.45) is 1.84. The molecule has 0 fully saturated rings. The van der Waals surface area contributed by atoms with E-state index in [0.717, 1.165) is 0 Å². The van der Waals surface area contributed by atoms with Gasteiger partial charge in [0.1, 0.15) is 0 Å². The second kappa shape index (κ2) is 7.38. The normalized spacial score (nSPS) is 10.7. The molecule has 0 saturated heterocycles. The highest BCUT2D eigenvalue weighted by molar-refractivity contribution is 7.08. The van der Waals surface area contributed by atoms with Crippen molar-refractivity contribution in [1.82, 2.24) is 19.9 Å². The van der Waals surface area contributed by atoms with Gasteiger partial charge in [-0.1, -0.05) is 18.2 Å². The smallest absolute Gasteiger partial charge is 0.256 e. The number of anilines is 1. The van der Waals surface area contributed by atoms with Crippen molar-refractivity contribution < 1.29 is 9.59 Å². The molecule has 0 radical (unpaired) electrons. The number of carbonyl (C=O) groups excluding carboxylic acids is 2. The van der Waals surface area contributed by atoms with E-state index < -0.39 is 0 Å². The van der Waals surface area contributed by atoms with Crippen LogP contribution in [0.1, 0.15) is 26.5 Å². The Morgan fingerprint density at radius 2 is 1.85 bits per heavy atom. The topological polar surface area (TPSA) is 88.4 Å². The molecule has 0 saturated carbocycles. The fraction of sp³-hybridized carbons (Fsp3) is 0.0526. The largest absolute Gasteiger partial charge is 0.345 e. The van der Waals surface area contributed by atoms with Crippen LogP contribution in [0.5, 0.6) is 0 Å². The monoisotopic (exact) mass is 377 g/mol. The zero-order valence-electron chi connectivity index (χ0n) is 14.1. The van der Waals surface area contributed by atoms with E-state index in [0.29, 0.717) is 28.3 Å². The summed E-state index contributed by atoms with van der Waals surface area (Å²) in [5.41, 5.74) is 2.11. The van der Waals surface area contributed by atoms with Crippen molar-refractivity contribution in [3.05, 3.63) is 82.4 Å². The van der Waals surface area contributed by atoms with E-state index in [1.54, 1.807) is 35.7 Å². The van der Waals surface area contributed by atoms with Gasteiger partial charge in [0.25, 0.3) is 11.8 Å². The lowest BCUT2D eigenvalue weighted by Crippen LogP contribution is -2.25. The number of benzene rings is 1. The molecule has 0 atom stereocenters. The third-order valence-corrected chi connectivity index (χ3v) is 4.68. The van der Waals surface area contributed by atoms with Gasteiger partial charge in [-0.05, 0) is 35.7 Å². The standard InChI is InChI=1S/C19H15N5O2S/c25-18(13-8-10-27-12-13)21-15-6-2-1-5-14(15)19(26)20-11-17-23-22-16-7-3-4-9-24(16)17/h1-10,12H,11H2,(H,20,26)(H,21,25). The molecule has 0 spiro atoms. The van der Waals surface area contributed by atoms with Gasteiger partial charge in [-0.3, -0.25) is 14.0 Å². The number of thiophene rings is 1. The highest BCUT2D eigenvalue weighted by Crippen LogP contribution is 2.17. The number of hydrogen-bond acceptors (Lipinski definition) is 5. The van der Waals surface area contributed by atoms with Gasteiger partial charge < -0.3 is 10.6 Å². The number of carbonyl (C=O) groups is 2. The van der Waals surface area contributed by atoms with Gasteiger partial charge >= 0.3 is 0 Å². The minimum atomic E-state index is -0.302. The molecule has 8 heteroatoms. The van der Waals surface area contributed by atoms with Crippen LogP contribution in [0, 0.1) is 0 Å². The van der Waals surface area contributed by atoms with Crippen LogP contribution in [0.15, 0.2) is 65.5 Å². The van der Waals surface area contributed by atoms with Gasteiger partial charge in [-0.25, -0.2) is 0 Å². The van der Waals surface area contributed by atoms with E-state index >= 15 is 0 Å². The van der Waals surface area contributed by atoms with E-state index in [-0.39, 0.29) is 18.4 Å². The number of aromatic nitrogens is 3. The first kappa shape index (κ1) is 16.9. The highest BCUT2D eigenvalue weighted by Gasteiger charge is 2.15. The van der Waals surface area contributed by atoms with Crippen LogP contribution in [0.25, 0.3) is 5.65 Å². The third-order valence-electron chi connectivity index (χ3n) is 3.99. The van der Waals surface area contributed by atoms with Crippen molar-refractivity contribution >= 4 is 34.5 Å². The maximum atomic E-state index is 12.6. The first-order valence-electron chi connectivity index (χ1n) is 8.22. The van der Waals surface area contributed by atoms with E-state index in [1.165, 1.54) is 11.3 Å². The van der Waals surface area contributed by atoms with Gasteiger partial charge in [0.15, 0.2) is 11.5 Å². The number of hydrogen-bond donors (Lipinski definition) is 2. The Hall–Kier alpha value is -3.52. The Kier molecular flexibility index (Phi) is 4.63. The van der Waals surface area contributed by atoms with Crippen molar-refractivity contribution in [1.29, 1.82) is 0 Å². The minimum Gasteiger partial charge on any atom is -0.345 e. The molecule has 0 bridgehead atoms. The highest BCUT2D eigenvalue weighted by atomic mass is 32.1. The maximum absolute atomic E-state index is 12.6. The molecular weight excluding hydrogens is 362 g/mol. The fourth-order valence-electron chi connectivity index (χ4n) is 2.64.